The summed E-state index contributed by atoms with van der Waals surface area (Å²) in [5, 5.41) is 10.1. The van der Waals surface area contributed by atoms with Crippen LogP contribution in [-0.2, 0) is 4.79 Å². The van der Waals surface area contributed by atoms with Gasteiger partial charge in [-0.3, -0.25) is 4.79 Å². The summed E-state index contributed by atoms with van der Waals surface area (Å²) in [5.41, 5.74) is 1.79. The number of carbonyl (C=O) groups is 1. The Labute approximate surface area is 118 Å². The van der Waals surface area contributed by atoms with Gasteiger partial charge in [-0.25, -0.2) is 4.31 Å². The van der Waals surface area contributed by atoms with E-state index in [-0.39, 0.29) is 5.91 Å². The molecule has 104 valence electrons. The Morgan fingerprint density at radius 1 is 1.21 bits per heavy atom. The highest BCUT2D eigenvalue weighted by atomic mass is 32.2. The molecule has 19 heavy (non-hydrogen) atoms. The summed E-state index contributed by atoms with van der Waals surface area (Å²) in [6, 6.07) is 7.46. The minimum atomic E-state index is -1.04. The van der Waals surface area contributed by atoms with Gasteiger partial charge in [0.05, 0.1) is 0 Å². The summed E-state index contributed by atoms with van der Waals surface area (Å²) in [6.07, 6.45) is 1.000. The van der Waals surface area contributed by atoms with Gasteiger partial charge in [0.1, 0.15) is 0 Å². The number of aliphatic hydroxyl groups excluding tert-OH is 1. The van der Waals surface area contributed by atoms with Crippen LogP contribution in [0.2, 0.25) is 0 Å². The average molecular weight is 280 g/mol. The second-order valence-electron chi connectivity index (χ2n) is 4.75. The molecule has 1 heterocycles. The van der Waals surface area contributed by atoms with Crippen LogP contribution in [0.25, 0.3) is 0 Å². The van der Waals surface area contributed by atoms with Crippen LogP contribution >= 0.6 is 11.9 Å². The van der Waals surface area contributed by atoms with E-state index in [1.165, 1.54) is 0 Å². The summed E-state index contributed by atoms with van der Waals surface area (Å²) >= 11 is 1.70. The van der Waals surface area contributed by atoms with E-state index < -0.39 is 6.10 Å². The number of carbonyl (C=O) groups excluding carboxylic acids is 1. The first kappa shape index (κ1) is 14.4. The molecule has 0 saturated carbocycles. The predicted octanol–water partition coefficient (Wildman–Crippen LogP) is 1.45. The van der Waals surface area contributed by atoms with Crippen LogP contribution in [0.4, 0.5) is 0 Å². The maximum Gasteiger partial charge on any atom is 0.256 e. The van der Waals surface area contributed by atoms with Crippen LogP contribution in [0, 0.1) is 6.92 Å². The predicted molar refractivity (Wildman–Crippen MR) is 77.8 cm³/mol. The number of rotatable bonds is 3. The normalized spacial score (nSPS) is 18.4. The zero-order valence-corrected chi connectivity index (χ0v) is 12.2. The number of hydrogen-bond donors (Lipinski definition) is 1. The lowest BCUT2D eigenvalue weighted by atomic mass is 10.1. The van der Waals surface area contributed by atoms with E-state index in [0.717, 1.165) is 18.7 Å². The molecule has 0 spiro atoms. The highest BCUT2D eigenvalue weighted by Gasteiger charge is 2.26. The molecule has 1 fully saturated rings. The van der Waals surface area contributed by atoms with Gasteiger partial charge in [0.2, 0.25) is 0 Å². The van der Waals surface area contributed by atoms with Crippen molar-refractivity contribution in [3.05, 3.63) is 35.4 Å². The third kappa shape index (κ3) is 3.49. The first-order valence-corrected chi connectivity index (χ1v) is 7.62. The van der Waals surface area contributed by atoms with Crippen LogP contribution in [0.1, 0.15) is 17.2 Å². The Balaban J connectivity index is 1.98. The van der Waals surface area contributed by atoms with Crippen LogP contribution in [0.3, 0.4) is 0 Å². The van der Waals surface area contributed by atoms with Gasteiger partial charge in [0, 0.05) is 26.2 Å². The molecule has 1 N–H and O–H groups in total. The number of amides is 1. The molecule has 1 aromatic rings. The molecule has 1 saturated heterocycles. The Morgan fingerprint density at radius 2 is 1.79 bits per heavy atom. The molecule has 0 aliphatic carbocycles. The number of piperazine rings is 1. The van der Waals surface area contributed by atoms with Crippen molar-refractivity contribution >= 4 is 17.9 Å². The fraction of sp³-hybridized carbons (Fsp3) is 0.500. The summed E-state index contributed by atoms with van der Waals surface area (Å²) in [4.78, 5) is 14.0. The van der Waals surface area contributed by atoms with Crippen LogP contribution < -0.4 is 0 Å². The monoisotopic (exact) mass is 280 g/mol. The average Bonchev–Trinajstić information content (AvgIpc) is 2.46. The smallest absolute Gasteiger partial charge is 0.256 e. The third-order valence-electron chi connectivity index (χ3n) is 3.44. The van der Waals surface area contributed by atoms with Crippen molar-refractivity contribution in [3.8, 4) is 0 Å². The zero-order chi connectivity index (χ0) is 13.8. The lowest BCUT2D eigenvalue weighted by Crippen LogP contribution is -2.47. The minimum Gasteiger partial charge on any atom is -0.378 e. The SMILES string of the molecule is CSN1CCN(C(=O)C(O)c2ccc(C)cc2)CC1. The maximum absolute atomic E-state index is 12.2. The molecule has 0 bridgehead atoms. The van der Waals surface area contributed by atoms with E-state index in [9.17, 15) is 9.90 Å². The maximum atomic E-state index is 12.2. The molecule has 1 aliphatic rings. The standard InChI is InChI=1S/C14H20N2O2S/c1-11-3-5-12(6-4-11)13(17)14(18)15-7-9-16(19-2)10-8-15/h3-6,13,17H,7-10H2,1-2H3. The number of aliphatic hydroxyl groups is 1. The lowest BCUT2D eigenvalue weighted by Gasteiger charge is -2.34. The molecule has 1 amide bonds. The molecule has 1 aromatic carbocycles. The molecule has 1 atom stereocenters. The van der Waals surface area contributed by atoms with Crippen molar-refractivity contribution < 1.29 is 9.90 Å². The third-order valence-corrected chi connectivity index (χ3v) is 4.32. The molecule has 5 heteroatoms. The number of hydrogen-bond acceptors (Lipinski definition) is 4. The molecule has 4 nitrogen and oxygen atoms in total. The van der Waals surface area contributed by atoms with Crippen LogP contribution in [-0.4, -0.2) is 52.7 Å². The first-order chi connectivity index (χ1) is 9.11. The van der Waals surface area contributed by atoms with E-state index in [0.29, 0.717) is 18.7 Å². The topological polar surface area (TPSA) is 43.8 Å². The molecule has 0 radical (unpaired) electrons. The van der Waals surface area contributed by atoms with Crippen molar-refractivity contribution in [3.63, 3.8) is 0 Å². The summed E-state index contributed by atoms with van der Waals surface area (Å²) in [6.45, 7) is 5.06. The molecule has 2 rings (SSSR count). The van der Waals surface area contributed by atoms with Gasteiger partial charge in [0.15, 0.2) is 6.10 Å². The number of benzene rings is 1. The van der Waals surface area contributed by atoms with Crippen molar-refractivity contribution in [2.24, 2.45) is 0 Å². The quantitative estimate of drug-likeness (QED) is 0.851. The summed E-state index contributed by atoms with van der Waals surface area (Å²) < 4.78 is 2.22. The minimum absolute atomic E-state index is 0.190. The van der Waals surface area contributed by atoms with Gasteiger partial charge in [-0.05, 0) is 18.7 Å². The Kier molecular flexibility index (Phi) is 4.85. The Hall–Kier alpha value is -1.04. The lowest BCUT2D eigenvalue weighted by molar-refractivity contribution is -0.141. The second kappa shape index (κ2) is 6.41. The van der Waals surface area contributed by atoms with E-state index in [2.05, 4.69) is 4.31 Å². The van der Waals surface area contributed by atoms with Crippen molar-refractivity contribution in [2.75, 3.05) is 32.4 Å². The molecule has 1 unspecified atom stereocenters. The molecule has 1 aliphatic heterocycles. The molecule has 0 aromatic heterocycles. The Morgan fingerprint density at radius 3 is 2.32 bits per heavy atom. The first-order valence-electron chi connectivity index (χ1n) is 6.44. The van der Waals surface area contributed by atoms with Gasteiger partial charge < -0.3 is 10.0 Å². The van der Waals surface area contributed by atoms with Crippen molar-refractivity contribution in [1.82, 2.24) is 9.21 Å². The van der Waals surface area contributed by atoms with Crippen molar-refractivity contribution in [1.29, 1.82) is 0 Å². The van der Waals surface area contributed by atoms with E-state index in [4.69, 9.17) is 0 Å². The second-order valence-corrected chi connectivity index (χ2v) is 5.63. The fourth-order valence-electron chi connectivity index (χ4n) is 2.16. The Bertz CT molecular complexity index is 428. The van der Waals surface area contributed by atoms with E-state index in [1.807, 2.05) is 37.4 Å². The fourth-order valence-corrected chi connectivity index (χ4v) is 2.68. The van der Waals surface area contributed by atoms with Crippen LogP contribution in [0.15, 0.2) is 24.3 Å². The van der Waals surface area contributed by atoms with Gasteiger partial charge in [0.25, 0.3) is 5.91 Å². The summed E-state index contributed by atoms with van der Waals surface area (Å²) in [5.74, 6) is -0.190. The van der Waals surface area contributed by atoms with Gasteiger partial charge >= 0.3 is 0 Å². The zero-order valence-electron chi connectivity index (χ0n) is 11.4. The van der Waals surface area contributed by atoms with Gasteiger partial charge in [-0.2, -0.15) is 0 Å². The van der Waals surface area contributed by atoms with Gasteiger partial charge in [-0.15, -0.1) is 0 Å². The van der Waals surface area contributed by atoms with E-state index in [1.54, 1.807) is 16.8 Å². The molecular weight excluding hydrogens is 260 g/mol. The number of nitrogens with zero attached hydrogens (tertiary/aromatic N) is 2. The molecular formula is C14H20N2O2S. The summed E-state index contributed by atoms with van der Waals surface area (Å²) in [7, 11) is 0. The highest BCUT2D eigenvalue weighted by molar-refractivity contribution is 7.96. The van der Waals surface area contributed by atoms with Crippen LogP contribution in [0.5, 0.6) is 0 Å². The largest absolute Gasteiger partial charge is 0.378 e. The highest BCUT2D eigenvalue weighted by Crippen LogP contribution is 2.18. The number of aryl methyl sites for hydroxylation is 1. The van der Waals surface area contributed by atoms with Gasteiger partial charge in [-0.1, -0.05) is 41.8 Å². The van der Waals surface area contributed by atoms with E-state index >= 15 is 0 Å². The van der Waals surface area contributed by atoms with Crippen molar-refractivity contribution in [2.45, 2.75) is 13.0 Å².